The number of methoxy groups -OCH3 is 1. The average Bonchev–Trinajstić information content (AvgIpc) is 3.57. The Labute approximate surface area is 235 Å². The van der Waals surface area contributed by atoms with E-state index in [2.05, 4.69) is 65.8 Å². The van der Waals surface area contributed by atoms with Crippen LogP contribution in [0.2, 0.25) is 0 Å². The van der Waals surface area contributed by atoms with E-state index in [0.29, 0.717) is 18.9 Å². The maximum absolute atomic E-state index is 13.2. The molecule has 1 aliphatic heterocycles. The number of oxime groups is 1. The minimum Gasteiger partial charge on any atom is -0.469 e. The van der Waals surface area contributed by atoms with E-state index in [0.717, 1.165) is 31.2 Å². The van der Waals surface area contributed by atoms with Crippen LogP contribution in [0, 0.1) is 17.7 Å². The molecule has 2 fully saturated rings. The number of carbonyl (C=O) groups excluding carboxylic acids is 1. The number of unbranched alkanes of at least 4 members (excludes halogenated alkanes) is 1. The largest absolute Gasteiger partial charge is 0.469 e. The molecule has 0 aromatic heterocycles. The fraction of sp³-hybridized carbons (Fsp3) is 0.353. The van der Waals surface area contributed by atoms with E-state index in [1.807, 2.05) is 12.3 Å². The van der Waals surface area contributed by atoms with Crippen molar-refractivity contribution in [1.82, 2.24) is 0 Å². The third-order valence-electron chi connectivity index (χ3n) is 8.28. The number of benzene rings is 3. The number of carbonyl (C=O) groups is 1. The Kier molecular flexibility index (Phi) is 9.07. The van der Waals surface area contributed by atoms with Gasteiger partial charge in [-0.15, -0.1) is 0 Å². The molecule has 1 heterocycles. The van der Waals surface area contributed by atoms with Crippen molar-refractivity contribution < 1.29 is 23.5 Å². The molecule has 1 saturated heterocycles. The van der Waals surface area contributed by atoms with Crippen molar-refractivity contribution in [3.05, 3.63) is 108 Å². The van der Waals surface area contributed by atoms with E-state index in [-0.39, 0.29) is 35.8 Å². The second-order valence-corrected chi connectivity index (χ2v) is 10.7. The smallest absolute Gasteiger partial charge is 0.305 e. The van der Waals surface area contributed by atoms with Gasteiger partial charge in [0.15, 0.2) is 0 Å². The van der Waals surface area contributed by atoms with Crippen molar-refractivity contribution in [2.75, 3.05) is 13.7 Å². The lowest BCUT2D eigenvalue weighted by atomic mass is 9.69. The Bertz CT molecular complexity index is 1310. The van der Waals surface area contributed by atoms with Crippen LogP contribution in [0.1, 0.15) is 43.2 Å². The van der Waals surface area contributed by atoms with Crippen molar-refractivity contribution in [2.45, 2.75) is 50.2 Å². The first-order valence-electron chi connectivity index (χ1n) is 14.0. The van der Waals surface area contributed by atoms with Crippen LogP contribution in [0.5, 0.6) is 0 Å². The lowest BCUT2D eigenvalue weighted by molar-refractivity contribution is -0.140. The van der Waals surface area contributed by atoms with Crippen LogP contribution in [0.15, 0.2) is 96.2 Å². The molecule has 1 saturated carbocycles. The summed E-state index contributed by atoms with van der Waals surface area (Å²) in [5.74, 6) is -0.0394. The molecule has 0 spiro atoms. The van der Waals surface area contributed by atoms with Gasteiger partial charge in [0.25, 0.3) is 0 Å². The van der Waals surface area contributed by atoms with Crippen molar-refractivity contribution in [1.29, 1.82) is 0 Å². The molecule has 5 nitrogen and oxygen atoms in total. The molecule has 3 aromatic carbocycles. The molecule has 5 rings (SSSR count). The Balaban J connectivity index is 1.31. The topological polar surface area (TPSA) is 57.1 Å². The molecule has 208 valence electrons. The van der Waals surface area contributed by atoms with Crippen LogP contribution in [-0.2, 0) is 31.1 Å². The summed E-state index contributed by atoms with van der Waals surface area (Å²) in [6.45, 7) is 0.968. The van der Waals surface area contributed by atoms with Crippen LogP contribution in [0.3, 0.4) is 0 Å². The number of esters is 1. The Morgan fingerprint density at radius 2 is 1.77 bits per heavy atom. The number of rotatable bonds is 12. The zero-order valence-corrected chi connectivity index (χ0v) is 22.9. The summed E-state index contributed by atoms with van der Waals surface area (Å²) in [6, 6.07) is 25.6. The summed E-state index contributed by atoms with van der Waals surface area (Å²) >= 11 is 0. The number of nitrogens with zero attached hydrogens (tertiary/aromatic N) is 1. The number of halogens is 1. The molecule has 0 amide bonds. The molecule has 0 unspecified atom stereocenters. The van der Waals surface area contributed by atoms with Gasteiger partial charge in [-0.1, -0.05) is 84.0 Å². The molecular weight excluding hydrogens is 505 g/mol. The zero-order chi connectivity index (χ0) is 27.8. The quantitative estimate of drug-likeness (QED) is 0.0796. The van der Waals surface area contributed by atoms with Gasteiger partial charge in [-0.2, -0.15) is 0 Å². The summed E-state index contributed by atoms with van der Waals surface area (Å²) in [6.07, 6.45) is 10.2. The van der Waals surface area contributed by atoms with E-state index in [1.54, 1.807) is 12.1 Å². The predicted molar refractivity (Wildman–Crippen MR) is 154 cm³/mol. The fourth-order valence-electron chi connectivity index (χ4n) is 6.12. The molecule has 3 aromatic rings. The first-order chi connectivity index (χ1) is 19.6. The van der Waals surface area contributed by atoms with Crippen molar-refractivity contribution >= 4 is 12.2 Å². The van der Waals surface area contributed by atoms with Crippen molar-refractivity contribution in [3.63, 3.8) is 0 Å². The Morgan fingerprint density at radius 3 is 2.52 bits per heavy atom. The normalized spacial score (nSPS) is 23.7. The van der Waals surface area contributed by atoms with Gasteiger partial charge in [0.2, 0.25) is 0 Å². The monoisotopic (exact) mass is 541 g/mol. The Morgan fingerprint density at radius 1 is 1.02 bits per heavy atom. The number of fused-ring (bicyclic) bond motifs is 2. The molecular formula is C34H36FNO4. The summed E-state index contributed by atoms with van der Waals surface area (Å²) < 4.78 is 24.3. The van der Waals surface area contributed by atoms with Crippen LogP contribution in [0.25, 0.3) is 11.1 Å². The highest BCUT2D eigenvalue weighted by atomic mass is 19.1. The van der Waals surface area contributed by atoms with E-state index < -0.39 is 0 Å². The van der Waals surface area contributed by atoms with Gasteiger partial charge < -0.3 is 14.3 Å². The van der Waals surface area contributed by atoms with Gasteiger partial charge in [0.1, 0.15) is 12.4 Å². The fourth-order valence-corrected chi connectivity index (χ4v) is 6.12. The van der Waals surface area contributed by atoms with E-state index in [4.69, 9.17) is 14.3 Å². The number of allylic oxidation sites excluding steroid dienone is 2. The van der Waals surface area contributed by atoms with Crippen LogP contribution in [0.4, 0.5) is 4.39 Å². The summed E-state index contributed by atoms with van der Waals surface area (Å²) in [4.78, 5) is 17.0. The number of hydrogen-bond donors (Lipinski definition) is 0. The van der Waals surface area contributed by atoms with Gasteiger partial charge in [-0.3, -0.25) is 4.79 Å². The van der Waals surface area contributed by atoms with Gasteiger partial charge in [0, 0.05) is 24.0 Å². The van der Waals surface area contributed by atoms with Crippen LogP contribution >= 0.6 is 0 Å². The van der Waals surface area contributed by atoms with E-state index in [1.165, 1.54) is 35.9 Å². The zero-order valence-electron chi connectivity index (χ0n) is 22.9. The molecule has 40 heavy (non-hydrogen) atoms. The molecule has 6 heteroatoms. The maximum Gasteiger partial charge on any atom is 0.305 e. The third kappa shape index (κ3) is 6.34. The third-order valence-corrected chi connectivity index (χ3v) is 8.28. The first kappa shape index (κ1) is 27.8. The average molecular weight is 542 g/mol. The Hall–Kier alpha value is -3.77. The predicted octanol–water partition coefficient (Wildman–Crippen LogP) is 7.26. The standard InChI is InChI=1S/C34H36FNO4/c1-38-33(37)12-8-3-2-7-11-31-30(22-36-40-23-25-13-19-29(35)20-14-25)32-21-34(31,24-39-32)28-17-15-27(16-18-28)26-9-5-4-6-10-26/h2,4-7,9-10,13-20,22,30-32H,3,8,11-12,21,23-24H2,1H3/b7-2-,36-22?/t30-,31-,32-,34-/m0/s1. The highest BCUT2D eigenvalue weighted by Gasteiger charge is 2.58. The lowest BCUT2D eigenvalue weighted by Gasteiger charge is -2.38. The number of ether oxygens (including phenoxy) is 2. The molecule has 4 atom stereocenters. The first-order valence-corrected chi connectivity index (χ1v) is 14.0. The summed E-state index contributed by atoms with van der Waals surface area (Å²) in [5, 5.41) is 4.33. The SMILES string of the molecule is COC(=O)CCC/C=C\C[C@H]1[C@H](C=NOCc2ccc(F)cc2)[C@@H]2C[C@@]1(c1ccc(-c3ccccc3)cc1)CO2. The number of hydrogen-bond acceptors (Lipinski definition) is 5. The molecule has 0 radical (unpaired) electrons. The van der Waals surface area contributed by atoms with Crippen LogP contribution < -0.4 is 0 Å². The minimum atomic E-state index is -0.269. The lowest BCUT2D eigenvalue weighted by Crippen LogP contribution is -2.40. The highest BCUT2D eigenvalue weighted by Crippen LogP contribution is 2.56. The van der Waals surface area contributed by atoms with Gasteiger partial charge in [0.05, 0.1) is 19.8 Å². The van der Waals surface area contributed by atoms with E-state index in [9.17, 15) is 9.18 Å². The maximum atomic E-state index is 13.2. The molecule has 1 aliphatic carbocycles. The van der Waals surface area contributed by atoms with E-state index >= 15 is 0 Å². The second kappa shape index (κ2) is 13.1. The van der Waals surface area contributed by atoms with Crippen molar-refractivity contribution in [3.8, 4) is 11.1 Å². The summed E-state index contributed by atoms with van der Waals surface area (Å²) in [7, 11) is 1.42. The summed E-state index contributed by atoms with van der Waals surface area (Å²) in [5.41, 5.74) is 4.45. The molecule has 2 bridgehead atoms. The second-order valence-electron chi connectivity index (χ2n) is 10.7. The highest BCUT2D eigenvalue weighted by molar-refractivity contribution is 5.69. The van der Waals surface area contributed by atoms with Crippen LogP contribution in [-0.4, -0.2) is 32.0 Å². The minimum absolute atomic E-state index is 0.0738. The van der Waals surface area contributed by atoms with Gasteiger partial charge in [-0.05, 0) is 66.0 Å². The molecule has 2 aliphatic rings. The van der Waals surface area contributed by atoms with Gasteiger partial charge >= 0.3 is 5.97 Å². The van der Waals surface area contributed by atoms with Crippen molar-refractivity contribution in [2.24, 2.45) is 17.0 Å². The molecule has 0 N–H and O–H groups in total. The van der Waals surface area contributed by atoms with Gasteiger partial charge in [-0.25, -0.2) is 4.39 Å².